The Morgan fingerprint density at radius 3 is 2.61 bits per heavy atom. The van der Waals surface area contributed by atoms with Gasteiger partial charge in [0.25, 0.3) is 0 Å². The van der Waals surface area contributed by atoms with Crippen molar-refractivity contribution in [3.8, 4) is 0 Å². The molecular weight excluding hydrogens is 292 g/mol. The monoisotopic (exact) mass is 322 g/mol. The van der Waals surface area contributed by atoms with E-state index in [1.165, 1.54) is 32.1 Å². The minimum atomic E-state index is -0.146. The van der Waals surface area contributed by atoms with Crippen LogP contribution < -0.4 is 5.32 Å². The van der Waals surface area contributed by atoms with Gasteiger partial charge in [0.15, 0.2) is 0 Å². The molecule has 0 aliphatic carbocycles. The average molecular weight is 322 g/mol. The van der Waals surface area contributed by atoms with Crippen LogP contribution in [0.2, 0.25) is 0 Å². The Bertz CT molecular complexity index is 467. The second-order valence-electron chi connectivity index (χ2n) is 6.31. The molecular formula is C17H30N4O2. The number of rotatable bonds is 7. The van der Waals surface area contributed by atoms with Gasteiger partial charge >= 0.3 is 0 Å². The molecule has 130 valence electrons. The van der Waals surface area contributed by atoms with Crippen LogP contribution in [0.25, 0.3) is 0 Å². The lowest BCUT2D eigenvalue weighted by atomic mass is 10.1. The van der Waals surface area contributed by atoms with Gasteiger partial charge in [-0.1, -0.05) is 19.3 Å². The number of nitrogens with zero attached hydrogens (tertiary/aromatic N) is 3. The van der Waals surface area contributed by atoms with Crippen molar-refractivity contribution in [3.05, 3.63) is 18.0 Å². The maximum absolute atomic E-state index is 12.3. The van der Waals surface area contributed by atoms with Crippen LogP contribution in [0.4, 0.5) is 0 Å². The van der Waals surface area contributed by atoms with Crippen molar-refractivity contribution in [1.29, 1.82) is 0 Å². The molecule has 0 radical (unpaired) electrons. The SMILES string of the molecule is COCC(NC(=O)CCN1CCCCCCC1)c1ccnn1C. The fourth-order valence-electron chi connectivity index (χ4n) is 3.16. The largest absolute Gasteiger partial charge is 0.382 e. The number of ether oxygens (including phenoxy) is 1. The summed E-state index contributed by atoms with van der Waals surface area (Å²) in [7, 11) is 3.53. The van der Waals surface area contributed by atoms with Crippen LogP contribution in [0.1, 0.15) is 50.3 Å². The maximum Gasteiger partial charge on any atom is 0.221 e. The van der Waals surface area contributed by atoms with E-state index < -0.39 is 0 Å². The fourth-order valence-corrected chi connectivity index (χ4v) is 3.16. The summed E-state index contributed by atoms with van der Waals surface area (Å²) in [6.07, 6.45) is 8.78. The molecule has 0 spiro atoms. The number of aryl methyl sites for hydroxylation is 1. The van der Waals surface area contributed by atoms with Crippen molar-refractivity contribution in [2.24, 2.45) is 7.05 Å². The fraction of sp³-hybridized carbons (Fsp3) is 0.765. The van der Waals surface area contributed by atoms with Gasteiger partial charge in [0, 0.05) is 33.3 Å². The molecule has 1 aliphatic rings. The molecule has 0 aromatic carbocycles. The van der Waals surface area contributed by atoms with Crippen molar-refractivity contribution >= 4 is 5.91 Å². The number of amides is 1. The van der Waals surface area contributed by atoms with E-state index in [2.05, 4.69) is 15.3 Å². The smallest absolute Gasteiger partial charge is 0.221 e. The summed E-state index contributed by atoms with van der Waals surface area (Å²) in [5.74, 6) is 0.0790. The van der Waals surface area contributed by atoms with E-state index in [9.17, 15) is 4.79 Å². The van der Waals surface area contributed by atoms with Gasteiger partial charge in [-0.3, -0.25) is 9.48 Å². The number of carbonyl (C=O) groups excluding carboxylic acids is 1. The van der Waals surface area contributed by atoms with Gasteiger partial charge in [-0.25, -0.2) is 0 Å². The Hall–Kier alpha value is -1.40. The molecule has 1 aliphatic heterocycles. The van der Waals surface area contributed by atoms with Crippen LogP contribution in [0.3, 0.4) is 0 Å². The van der Waals surface area contributed by atoms with Crippen LogP contribution in [0, 0.1) is 0 Å². The van der Waals surface area contributed by atoms with E-state index in [-0.39, 0.29) is 11.9 Å². The lowest BCUT2D eigenvalue weighted by Crippen LogP contribution is -2.36. The second kappa shape index (κ2) is 9.67. The van der Waals surface area contributed by atoms with Crippen LogP contribution in [0.15, 0.2) is 12.3 Å². The molecule has 1 N–H and O–H groups in total. The number of nitrogens with one attached hydrogen (secondary N) is 1. The predicted molar refractivity (Wildman–Crippen MR) is 90.1 cm³/mol. The molecule has 6 heteroatoms. The first kappa shape index (κ1) is 17.9. The van der Waals surface area contributed by atoms with Gasteiger partial charge < -0.3 is 15.0 Å². The van der Waals surface area contributed by atoms with E-state index in [0.717, 1.165) is 25.3 Å². The zero-order chi connectivity index (χ0) is 16.5. The maximum atomic E-state index is 12.3. The summed E-state index contributed by atoms with van der Waals surface area (Å²) in [4.78, 5) is 14.7. The molecule has 1 aromatic heterocycles. The molecule has 23 heavy (non-hydrogen) atoms. The van der Waals surface area contributed by atoms with Crippen LogP contribution in [-0.2, 0) is 16.6 Å². The first-order chi connectivity index (χ1) is 11.2. The molecule has 2 heterocycles. The second-order valence-corrected chi connectivity index (χ2v) is 6.31. The number of likely N-dealkylation sites (tertiary alicyclic amines) is 1. The van der Waals surface area contributed by atoms with E-state index in [0.29, 0.717) is 13.0 Å². The minimum absolute atomic E-state index is 0.0790. The highest BCUT2D eigenvalue weighted by Gasteiger charge is 2.18. The van der Waals surface area contributed by atoms with Gasteiger partial charge in [-0.15, -0.1) is 0 Å². The molecule has 6 nitrogen and oxygen atoms in total. The van der Waals surface area contributed by atoms with Gasteiger partial charge in [0.05, 0.1) is 18.3 Å². The zero-order valence-corrected chi connectivity index (χ0v) is 14.5. The number of methoxy groups -OCH3 is 1. The van der Waals surface area contributed by atoms with Gasteiger partial charge in [-0.2, -0.15) is 5.10 Å². The molecule has 1 atom stereocenters. The van der Waals surface area contributed by atoms with E-state index in [4.69, 9.17) is 4.74 Å². The van der Waals surface area contributed by atoms with Crippen molar-refractivity contribution in [2.75, 3.05) is 33.4 Å². The third kappa shape index (κ3) is 5.95. The summed E-state index contributed by atoms with van der Waals surface area (Å²) in [6, 6.07) is 1.77. The Balaban J connectivity index is 1.80. The third-order valence-corrected chi connectivity index (χ3v) is 4.49. The highest BCUT2D eigenvalue weighted by molar-refractivity contribution is 5.76. The first-order valence-corrected chi connectivity index (χ1v) is 8.69. The lowest BCUT2D eigenvalue weighted by Gasteiger charge is -2.25. The van der Waals surface area contributed by atoms with Crippen molar-refractivity contribution in [3.63, 3.8) is 0 Å². The normalized spacial score (nSPS) is 18.2. The number of aromatic nitrogens is 2. The average Bonchev–Trinajstić information content (AvgIpc) is 2.92. The van der Waals surface area contributed by atoms with Crippen molar-refractivity contribution in [2.45, 2.75) is 44.6 Å². The molecule has 0 bridgehead atoms. The number of hydrogen-bond acceptors (Lipinski definition) is 4. The van der Waals surface area contributed by atoms with Crippen molar-refractivity contribution < 1.29 is 9.53 Å². The van der Waals surface area contributed by atoms with E-state index in [1.54, 1.807) is 18.0 Å². The summed E-state index contributed by atoms with van der Waals surface area (Å²) in [5.41, 5.74) is 0.964. The van der Waals surface area contributed by atoms with Crippen LogP contribution in [-0.4, -0.2) is 53.9 Å². The Labute approximate surface area is 139 Å². The highest BCUT2D eigenvalue weighted by Crippen LogP contribution is 2.13. The van der Waals surface area contributed by atoms with Gasteiger partial charge in [0.1, 0.15) is 0 Å². The highest BCUT2D eigenvalue weighted by atomic mass is 16.5. The molecule has 1 unspecified atom stereocenters. The summed E-state index contributed by atoms with van der Waals surface area (Å²) >= 11 is 0. The van der Waals surface area contributed by atoms with Crippen LogP contribution >= 0.6 is 0 Å². The topological polar surface area (TPSA) is 59.4 Å². The van der Waals surface area contributed by atoms with E-state index in [1.807, 2.05) is 13.1 Å². The summed E-state index contributed by atoms with van der Waals surface area (Å²) in [5, 5.41) is 7.24. The first-order valence-electron chi connectivity index (χ1n) is 8.69. The number of hydrogen-bond donors (Lipinski definition) is 1. The minimum Gasteiger partial charge on any atom is -0.382 e. The molecule has 2 rings (SSSR count). The molecule has 1 amide bonds. The van der Waals surface area contributed by atoms with Gasteiger partial charge in [-0.05, 0) is 32.0 Å². The molecule has 1 aromatic rings. The Morgan fingerprint density at radius 1 is 1.30 bits per heavy atom. The lowest BCUT2D eigenvalue weighted by molar-refractivity contribution is -0.122. The molecule has 1 saturated heterocycles. The van der Waals surface area contributed by atoms with Gasteiger partial charge in [0.2, 0.25) is 5.91 Å². The van der Waals surface area contributed by atoms with Crippen LogP contribution in [0.5, 0.6) is 0 Å². The molecule has 0 saturated carbocycles. The standard InChI is InChI=1S/C17H30N4O2/c1-20-16(8-10-18-20)15(14-23-2)19-17(22)9-13-21-11-6-4-3-5-7-12-21/h8,10,15H,3-7,9,11-14H2,1-2H3,(H,19,22). The van der Waals surface area contributed by atoms with E-state index >= 15 is 0 Å². The Kier molecular flexibility index (Phi) is 7.55. The number of carbonyl (C=O) groups is 1. The third-order valence-electron chi connectivity index (χ3n) is 4.49. The predicted octanol–water partition coefficient (Wildman–Crippen LogP) is 1.88. The summed E-state index contributed by atoms with van der Waals surface area (Å²) in [6.45, 7) is 3.54. The zero-order valence-electron chi connectivity index (χ0n) is 14.5. The quantitative estimate of drug-likeness (QED) is 0.833. The summed E-state index contributed by atoms with van der Waals surface area (Å²) < 4.78 is 7.02. The Morgan fingerprint density at radius 2 is 2.00 bits per heavy atom. The molecule has 1 fully saturated rings. The van der Waals surface area contributed by atoms with Crippen molar-refractivity contribution in [1.82, 2.24) is 20.0 Å².